The van der Waals surface area contributed by atoms with Gasteiger partial charge in [0.2, 0.25) is 5.91 Å². The van der Waals surface area contributed by atoms with Crippen LogP contribution in [0.4, 0.5) is 4.39 Å². The van der Waals surface area contributed by atoms with E-state index in [4.69, 9.17) is 4.74 Å². The lowest BCUT2D eigenvalue weighted by Gasteiger charge is -2.36. The van der Waals surface area contributed by atoms with Crippen LogP contribution in [0.25, 0.3) is 0 Å². The van der Waals surface area contributed by atoms with Crippen LogP contribution < -0.4 is 5.32 Å². The number of carbonyl (C=O) groups excluding carboxylic acids is 2. The molecule has 186 valence electrons. The molecule has 2 atom stereocenters. The average Bonchev–Trinajstić information content (AvgIpc) is 3.25. The van der Waals surface area contributed by atoms with Crippen LogP contribution in [-0.4, -0.2) is 28.6 Å². The number of allylic oxidation sites excluding steroid dienone is 1. The van der Waals surface area contributed by atoms with E-state index in [9.17, 15) is 9.59 Å². The van der Waals surface area contributed by atoms with E-state index in [1.807, 2.05) is 17.5 Å². The first kappa shape index (κ1) is 24.3. The van der Waals surface area contributed by atoms with Crippen LogP contribution in [0.1, 0.15) is 61.9 Å². The first-order valence-electron chi connectivity index (χ1n) is 12.2. The SMILES string of the molecule is CCOC(=O)C1=C(C)N=C2SC=C(CC(=O)NC3CCCc4ccccc43)N2C1c1ccccc1F. The molecule has 2 unspecified atom stereocenters. The minimum absolute atomic E-state index is 0.0359. The maximum atomic E-state index is 15.1. The Morgan fingerprint density at radius 1 is 1.17 bits per heavy atom. The Bertz CT molecular complexity index is 1300. The smallest absolute Gasteiger partial charge is 0.338 e. The van der Waals surface area contributed by atoms with Crippen LogP contribution in [0.15, 0.2) is 75.9 Å². The Kier molecular flexibility index (Phi) is 6.96. The third kappa shape index (κ3) is 4.57. The van der Waals surface area contributed by atoms with Crippen LogP contribution in [0, 0.1) is 5.82 Å². The molecule has 0 fully saturated rings. The van der Waals surface area contributed by atoms with Gasteiger partial charge in [-0.2, -0.15) is 0 Å². The highest BCUT2D eigenvalue weighted by Crippen LogP contribution is 2.45. The molecule has 5 rings (SSSR count). The molecule has 0 saturated heterocycles. The Morgan fingerprint density at radius 2 is 1.92 bits per heavy atom. The van der Waals surface area contributed by atoms with E-state index in [0.29, 0.717) is 22.1 Å². The van der Waals surface area contributed by atoms with E-state index in [0.717, 1.165) is 19.3 Å². The molecule has 2 aromatic rings. The third-order valence-corrected chi connectivity index (χ3v) is 7.63. The van der Waals surface area contributed by atoms with Gasteiger partial charge in [0.15, 0.2) is 5.17 Å². The number of halogens is 1. The molecule has 2 aliphatic heterocycles. The number of fused-ring (bicyclic) bond motifs is 2. The van der Waals surface area contributed by atoms with Gasteiger partial charge in [0, 0.05) is 11.3 Å². The monoisotopic (exact) mass is 505 g/mol. The zero-order chi connectivity index (χ0) is 25.2. The van der Waals surface area contributed by atoms with Crippen molar-refractivity contribution in [1.82, 2.24) is 10.2 Å². The summed E-state index contributed by atoms with van der Waals surface area (Å²) in [5, 5.41) is 5.67. The number of thioether (sulfide) groups is 1. The first-order chi connectivity index (χ1) is 17.5. The molecule has 8 heteroatoms. The van der Waals surface area contributed by atoms with Crippen LogP contribution in [0.5, 0.6) is 0 Å². The zero-order valence-corrected chi connectivity index (χ0v) is 21.1. The van der Waals surface area contributed by atoms with Crippen molar-refractivity contribution in [3.63, 3.8) is 0 Å². The number of hydrogen-bond acceptors (Lipinski definition) is 6. The molecule has 36 heavy (non-hydrogen) atoms. The van der Waals surface area contributed by atoms with E-state index in [1.165, 1.54) is 29.0 Å². The minimum atomic E-state index is -0.776. The minimum Gasteiger partial charge on any atom is -0.463 e. The van der Waals surface area contributed by atoms with E-state index in [2.05, 4.69) is 22.4 Å². The van der Waals surface area contributed by atoms with Gasteiger partial charge in [0.1, 0.15) is 5.82 Å². The van der Waals surface area contributed by atoms with Gasteiger partial charge in [0.05, 0.1) is 36.4 Å². The summed E-state index contributed by atoms with van der Waals surface area (Å²) in [5.74, 6) is -1.09. The van der Waals surface area contributed by atoms with Crippen LogP contribution in [0.2, 0.25) is 0 Å². The molecular formula is C28H28FN3O3S. The van der Waals surface area contributed by atoms with Crippen molar-refractivity contribution < 1.29 is 18.7 Å². The summed E-state index contributed by atoms with van der Waals surface area (Å²) in [4.78, 5) is 32.7. The number of ether oxygens (including phenoxy) is 1. The summed E-state index contributed by atoms with van der Waals surface area (Å²) >= 11 is 1.37. The highest BCUT2D eigenvalue weighted by atomic mass is 32.2. The van der Waals surface area contributed by atoms with Crippen LogP contribution in [0.3, 0.4) is 0 Å². The van der Waals surface area contributed by atoms with Crippen molar-refractivity contribution in [2.45, 2.75) is 51.6 Å². The topological polar surface area (TPSA) is 71.0 Å². The number of amidine groups is 1. The number of aryl methyl sites for hydroxylation is 1. The molecule has 2 aromatic carbocycles. The van der Waals surface area contributed by atoms with Crippen molar-refractivity contribution in [2.75, 3.05) is 6.61 Å². The zero-order valence-electron chi connectivity index (χ0n) is 20.3. The molecule has 1 N–H and O–H groups in total. The first-order valence-corrected chi connectivity index (χ1v) is 13.1. The second-order valence-electron chi connectivity index (χ2n) is 9.02. The number of nitrogens with zero attached hydrogens (tertiary/aromatic N) is 2. The number of aliphatic imine (C=N–C) groups is 1. The molecule has 0 bridgehead atoms. The predicted molar refractivity (Wildman–Crippen MR) is 138 cm³/mol. The van der Waals surface area contributed by atoms with Crippen molar-refractivity contribution >= 4 is 28.8 Å². The standard InChI is InChI=1S/C28H28FN3O3S/c1-3-35-27(34)25-17(2)30-28-32(26(25)21-12-6-7-13-22(21)29)19(16-36-28)15-24(33)31-23-14-8-10-18-9-4-5-11-20(18)23/h4-7,9,11-13,16,23,26H,3,8,10,14-15H2,1-2H3,(H,31,33). The molecule has 6 nitrogen and oxygen atoms in total. The van der Waals surface area contributed by atoms with Gasteiger partial charge < -0.3 is 15.0 Å². The summed E-state index contributed by atoms with van der Waals surface area (Å²) in [6.07, 6.45) is 3.01. The fraction of sp³-hybridized carbons (Fsp3) is 0.321. The number of nitrogens with one attached hydrogen (secondary N) is 1. The number of carbonyl (C=O) groups is 2. The van der Waals surface area contributed by atoms with Crippen LogP contribution >= 0.6 is 11.8 Å². The molecule has 1 aliphatic carbocycles. The van der Waals surface area contributed by atoms with Crippen molar-refractivity contribution in [3.8, 4) is 0 Å². The number of amides is 1. The molecule has 0 aromatic heterocycles. The Labute approximate surface area is 214 Å². The second kappa shape index (κ2) is 10.3. The van der Waals surface area contributed by atoms with Crippen molar-refractivity contribution in [2.24, 2.45) is 4.99 Å². The highest BCUT2D eigenvalue weighted by Gasteiger charge is 2.42. The lowest BCUT2D eigenvalue weighted by molar-refractivity contribution is -0.139. The van der Waals surface area contributed by atoms with Crippen molar-refractivity contribution in [3.05, 3.63) is 93.4 Å². The maximum Gasteiger partial charge on any atom is 0.338 e. The molecular weight excluding hydrogens is 477 g/mol. The average molecular weight is 506 g/mol. The van der Waals surface area contributed by atoms with Gasteiger partial charge >= 0.3 is 5.97 Å². The summed E-state index contributed by atoms with van der Waals surface area (Å²) in [6.45, 7) is 3.66. The normalized spacial score (nSPS) is 20.8. The summed E-state index contributed by atoms with van der Waals surface area (Å²) < 4.78 is 20.4. The van der Waals surface area contributed by atoms with Gasteiger partial charge in [-0.05, 0) is 55.7 Å². The van der Waals surface area contributed by atoms with Gasteiger partial charge in [-0.15, -0.1) is 0 Å². The van der Waals surface area contributed by atoms with Gasteiger partial charge in [-0.3, -0.25) is 4.79 Å². The summed E-state index contributed by atoms with van der Waals surface area (Å²) in [6, 6.07) is 13.8. The van der Waals surface area contributed by atoms with E-state index in [-0.39, 0.29) is 30.5 Å². The lowest BCUT2D eigenvalue weighted by Crippen LogP contribution is -2.39. The fourth-order valence-electron chi connectivity index (χ4n) is 5.14. The number of rotatable bonds is 6. The Balaban J connectivity index is 1.43. The molecule has 1 amide bonds. The van der Waals surface area contributed by atoms with E-state index >= 15 is 4.39 Å². The van der Waals surface area contributed by atoms with Gasteiger partial charge in [0.25, 0.3) is 0 Å². The highest BCUT2D eigenvalue weighted by molar-refractivity contribution is 8.16. The number of hydrogen-bond donors (Lipinski definition) is 1. The molecule has 2 heterocycles. The van der Waals surface area contributed by atoms with E-state index in [1.54, 1.807) is 36.9 Å². The Hall–Kier alpha value is -3.39. The summed E-state index contributed by atoms with van der Waals surface area (Å²) in [5.41, 5.74) is 4.21. The molecule has 0 spiro atoms. The number of esters is 1. The Morgan fingerprint density at radius 3 is 2.69 bits per heavy atom. The molecule has 0 radical (unpaired) electrons. The second-order valence-corrected chi connectivity index (χ2v) is 9.86. The quantitative estimate of drug-likeness (QED) is 0.522. The molecule has 3 aliphatic rings. The fourth-order valence-corrected chi connectivity index (χ4v) is 6.11. The predicted octanol–water partition coefficient (Wildman–Crippen LogP) is 5.55. The third-order valence-electron chi connectivity index (χ3n) is 6.74. The van der Waals surface area contributed by atoms with Gasteiger partial charge in [-0.1, -0.05) is 54.2 Å². The van der Waals surface area contributed by atoms with Crippen LogP contribution in [-0.2, 0) is 20.7 Å². The molecule has 0 saturated carbocycles. The maximum absolute atomic E-state index is 15.1. The van der Waals surface area contributed by atoms with Gasteiger partial charge in [-0.25, -0.2) is 14.2 Å². The van der Waals surface area contributed by atoms with Crippen molar-refractivity contribution in [1.29, 1.82) is 0 Å². The largest absolute Gasteiger partial charge is 0.463 e. The number of benzene rings is 2. The lowest BCUT2D eigenvalue weighted by atomic mass is 9.87. The summed E-state index contributed by atoms with van der Waals surface area (Å²) in [7, 11) is 0. The van der Waals surface area contributed by atoms with E-state index < -0.39 is 17.8 Å².